The molecule has 16 nitrogen and oxygen atoms in total. The highest BCUT2D eigenvalue weighted by Crippen LogP contribution is 2.66. The Morgan fingerprint density at radius 1 is 0.827 bits per heavy atom. The molecule has 1 aromatic heterocycles. The third-order valence-corrected chi connectivity index (χ3v) is 18.1. The summed E-state index contributed by atoms with van der Waals surface area (Å²) in [7, 11) is 0. The van der Waals surface area contributed by atoms with Crippen molar-refractivity contribution in [2.24, 2.45) is 62.8 Å². The lowest BCUT2D eigenvalue weighted by molar-refractivity contribution is -0.192. The Kier molecular flexibility index (Phi) is 27.4. The van der Waals surface area contributed by atoms with Gasteiger partial charge in [0.05, 0.1) is 24.0 Å². The van der Waals surface area contributed by atoms with Gasteiger partial charge in [-0.1, -0.05) is 79.2 Å². The molecule has 75 heavy (non-hydrogen) atoms. The summed E-state index contributed by atoms with van der Waals surface area (Å²) in [5, 5.41) is 14.1. The number of unbranched alkanes of at least 4 members (excludes halogenated alkanes) is 7. The molecule has 0 radical (unpaired) electrons. The number of nitrogens with two attached hydrogens (primary N) is 3. The minimum Gasteiger partial charge on any atom is -0.383 e. The van der Waals surface area contributed by atoms with Crippen molar-refractivity contribution in [1.82, 2.24) is 20.1 Å². The molecule has 1 aromatic carbocycles. The number of benzene rings is 1. The Hall–Kier alpha value is -3.54. The molecule has 0 aliphatic heterocycles. The molecule has 3 aliphatic rings. The smallest absolute Gasteiger partial charge is 0.242 e. The maximum absolute atomic E-state index is 14.4. The van der Waals surface area contributed by atoms with Crippen molar-refractivity contribution in [2.75, 3.05) is 77.5 Å². The van der Waals surface area contributed by atoms with E-state index >= 15 is 0 Å². The van der Waals surface area contributed by atoms with Gasteiger partial charge in [0.2, 0.25) is 11.8 Å². The van der Waals surface area contributed by atoms with Crippen LogP contribution in [-0.4, -0.2) is 122 Å². The number of amides is 2. The maximum Gasteiger partial charge on any atom is 0.242 e. The second-order valence-electron chi connectivity index (χ2n) is 23.2. The van der Waals surface area contributed by atoms with Gasteiger partial charge in [-0.15, -0.1) is 11.5 Å². The Morgan fingerprint density at radius 3 is 2.21 bits per heavy atom. The van der Waals surface area contributed by atoms with Crippen LogP contribution in [0.25, 0.3) is 11.0 Å². The number of aromatic nitrogens is 2. The molecule has 1 heterocycles. The van der Waals surface area contributed by atoms with Gasteiger partial charge in [-0.25, -0.2) is 4.63 Å². The van der Waals surface area contributed by atoms with Crippen LogP contribution in [0.4, 0.5) is 11.4 Å². The van der Waals surface area contributed by atoms with Crippen molar-refractivity contribution in [3.63, 3.8) is 0 Å². The van der Waals surface area contributed by atoms with E-state index in [1.165, 1.54) is 38.5 Å². The summed E-state index contributed by atoms with van der Waals surface area (Å²) in [5.41, 5.74) is 19.8. The predicted octanol–water partition coefficient (Wildman–Crippen LogP) is 11.1. The Morgan fingerprint density at radius 2 is 1.51 bits per heavy atom. The van der Waals surface area contributed by atoms with Crippen molar-refractivity contribution in [1.29, 1.82) is 0 Å². The van der Waals surface area contributed by atoms with Crippen LogP contribution in [-0.2, 0) is 23.8 Å². The molecule has 3 fully saturated rings. The molecule has 7 N–H and O–H groups in total. The molecule has 1 unspecified atom stereocenters. The van der Waals surface area contributed by atoms with Crippen molar-refractivity contribution in [3.8, 4) is 0 Å². The van der Waals surface area contributed by atoms with E-state index in [9.17, 15) is 14.5 Å². The van der Waals surface area contributed by atoms with Crippen LogP contribution in [0.1, 0.15) is 182 Å². The lowest BCUT2D eigenvalue weighted by Crippen LogP contribution is -2.59. The maximum atomic E-state index is 14.4. The summed E-state index contributed by atoms with van der Waals surface area (Å²) in [4.78, 5) is 43.0. The van der Waals surface area contributed by atoms with Crippen molar-refractivity contribution >= 4 is 34.2 Å². The molecular formula is C59H103N9O7. The molecule has 3 aliphatic carbocycles. The van der Waals surface area contributed by atoms with Crippen molar-refractivity contribution < 1.29 is 28.4 Å². The van der Waals surface area contributed by atoms with Gasteiger partial charge >= 0.3 is 0 Å². The average Bonchev–Trinajstić information content (AvgIpc) is 4.06. The van der Waals surface area contributed by atoms with E-state index in [4.69, 9.17) is 36.0 Å². The van der Waals surface area contributed by atoms with E-state index in [1.807, 2.05) is 0 Å². The monoisotopic (exact) mass is 1050 g/mol. The molecule has 0 saturated heterocycles. The highest BCUT2D eigenvalue weighted by atomic mass is 16.6. The highest BCUT2D eigenvalue weighted by Gasteiger charge is 2.63. The van der Waals surface area contributed by atoms with Crippen LogP contribution in [0.15, 0.2) is 34.6 Å². The summed E-state index contributed by atoms with van der Waals surface area (Å²) in [6, 6.07) is 3.33. The molecule has 3 saturated carbocycles. The van der Waals surface area contributed by atoms with Crippen molar-refractivity contribution in [2.45, 2.75) is 201 Å². The van der Waals surface area contributed by atoms with Crippen molar-refractivity contribution in [3.05, 3.63) is 29.7 Å². The number of anilines is 1. The van der Waals surface area contributed by atoms with Crippen LogP contribution in [0.3, 0.4) is 0 Å². The average molecular weight is 1050 g/mol. The first-order valence-corrected chi connectivity index (χ1v) is 29.9. The minimum atomic E-state index is -0.0287. The zero-order valence-corrected chi connectivity index (χ0v) is 47.4. The summed E-state index contributed by atoms with van der Waals surface area (Å²) < 4.78 is 25.3. The molecule has 8 atom stereocenters. The third kappa shape index (κ3) is 17.5. The van der Waals surface area contributed by atoms with Crippen LogP contribution in [0, 0.1) is 45.3 Å². The van der Waals surface area contributed by atoms with E-state index in [0.29, 0.717) is 124 Å². The fourth-order valence-electron chi connectivity index (χ4n) is 13.9. The number of carbonyl (C=O) groups excluding carboxylic acids is 2. The highest BCUT2D eigenvalue weighted by molar-refractivity contribution is 5.94. The number of hydrogen-bond acceptors (Lipinski definition) is 14. The molecule has 2 aromatic rings. The fourth-order valence-corrected chi connectivity index (χ4v) is 13.9. The van der Waals surface area contributed by atoms with E-state index in [2.05, 4.69) is 66.9 Å². The normalized spacial score (nSPS) is 25.4. The quantitative estimate of drug-likeness (QED) is 0.0278. The lowest BCUT2D eigenvalue weighted by Gasteiger charge is -2.60. The third-order valence-electron chi connectivity index (χ3n) is 18.1. The van der Waals surface area contributed by atoms with Crippen LogP contribution in [0.5, 0.6) is 0 Å². The van der Waals surface area contributed by atoms with E-state index < -0.39 is 0 Å². The molecule has 2 amide bonds. The standard InChI is InChI=1S/C59H103N9O7/c1-7-10-11-12-13-17-37-67(54(70)43-68(36-8-2)53(69)23-15-14-16-35-63-49-26-27-50(64-71)57-56(49)65-75-66-57)38-18-22-44(4)46-24-25-47-55(51(9-3)73-40-20-33-61)48(42-52(59(46,47)6)74-41-21-34-62)58(5)30-28-45(29-31-58)72-39-19-32-60/h8,26-27,44-48,51-52,55,63H,2,7,9-25,28-43,60-62H2,1,3-6H3/t44-,45-,46-,47+,48+,51-,52+,55?,58+,59-/m1/s1. The number of carbonyl (C=O) groups is 2. The van der Waals surface area contributed by atoms with Gasteiger partial charge in [0.15, 0.2) is 11.0 Å². The number of nitrogens with one attached hydrogen (secondary N) is 1. The van der Waals surface area contributed by atoms with Gasteiger partial charge in [0.25, 0.3) is 0 Å². The number of fused-ring (bicyclic) bond motifs is 2. The van der Waals surface area contributed by atoms with Crippen LogP contribution < -0.4 is 22.5 Å². The van der Waals surface area contributed by atoms with Gasteiger partial charge in [-0.3, -0.25) is 9.59 Å². The first-order valence-electron chi connectivity index (χ1n) is 29.9. The van der Waals surface area contributed by atoms with Gasteiger partial charge in [-0.05, 0) is 185 Å². The number of hydrogen-bond donors (Lipinski definition) is 4. The van der Waals surface area contributed by atoms with E-state index in [0.717, 1.165) is 103 Å². The minimum absolute atomic E-state index is 0.0207. The lowest BCUT2D eigenvalue weighted by atomic mass is 9.48. The zero-order valence-electron chi connectivity index (χ0n) is 47.4. The molecule has 0 bridgehead atoms. The Labute approximate surface area is 451 Å². The summed E-state index contributed by atoms with van der Waals surface area (Å²) >= 11 is 0. The summed E-state index contributed by atoms with van der Waals surface area (Å²) in [5.74, 6) is 2.28. The first-order chi connectivity index (χ1) is 36.4. The number of ether oxygens (including phenoxy) is 3. The zero-order chi connectivity index (χ0) is 54.1. The predicted molar refractivity (Wildman–Crippen MR) is 302 cm³/mol. The second-order valence-corrected chi connectivity index (χ2v) is 23.2. The van der Waals surface area contributed by atoms with Gasteiger partial charge in [-0.2, -0.15) is 0 Å². The Bertz CT molecular complexity index is 1960. The van der Waals surface area contributed by atoms with Crippen LogP contribution >= 0.6 is 0 Å². The van der Waals surface area contributed by atoms with Gasteiger partial charge in [0, 0.05) is 57.8 Å². The molecule has 0 spiro atoms. The van der Waals surface area contributed by atoms with Crippen LogP contribution in [0.2, 0.25) is 0 Å². The number of nitroso groups, excluding NO2 is 1. The summed E-state index contributed by atoms with van der Waals surface area (Å²) in [6.07, 6.45) is 25.3. The topological polar surface area (TPSA) is 227 Å². The largest absolute Gasteiger partial charge is 0.383 e. The molecule has 16 heteroatoms. The number of rotatable bonds is 39. The van der Waals surface area contributed by atoms with E-state index in [1.54, 1.807) is 23.1 Å². The van der Waals surface area contributed by atoms with E-state index in [-0.39, 0.29) is 47.1 Å². The Balaban J connectivity index is 1.24. The fraction of sp³-hybridized carbons (Fsp3) is 0.831. The van der Waals surface area contributed by atoms with Gasteiger partial charge < -0.3 is 46.5 Å². The molecular weight excluding hydrogens is 947 g/mol. The van der Waals surface area contributed by atoms with Gasteiger partial charge in [0.1, 0.15) is 12.2 Å². The first kappa shape index (κ1) is 62.3. The summed E-state index contributed by atoms with van der Waals surface area (Å²) in [6.45, 7) is 22.6. The number of nitrogens with zero attached hydrogens (tertiary/aromatic N) is 5. The SMILES string of the molecule is C=CCN(CC(=O)N(CCCCCCCC)CCC[C@@H](C)[C@H]1CC[C@H]2C([C@@H](CC)OCCCN)[C@@H]([C@]3(C)CC[C@H](OCCCN)CC3)C[C@H](OCCCN)[C@]12C)C(=O)CCCCCNc1ccc(N=O)c2nonc12. The molecule has 5 rings (SSSR count). The second kappa shape index (κ2) is 33.0. The molecule has 426 valence electrons.